The average Bonchev–Trinajstić information content (AvgIpc) is 3.15. The molecule has 0 saturated carbocycles. The van der Waals surface area contributed by atoms with E-state index in [2.05, 4.69) is 15.6 Å². The van der Waals surface area contributed by atoms with Crippen molar-refractivity contribution in [2.45, 2.75) is 13.5 Å². The number of rotatable bonds is 5. The maximum Gasteiger partial charge on any atom is 0.313 e. The second-order valence-electron chi connectivity index (χ2n) is 6.02. The smallest absolute Gasteiger partial charge is 0.313 e. The first-order chi connectivity index (χ1) is 13.5. The fourth-order valence-electron chi connectivity index (χ4n) is 2.32. The van der Waals surface area contributed by atoms with Crippen LogP contribution in [0.25, 0.3) is 0 Å². The number of hydrogen-bond donors (Lipinski definition) is 2. The number of aryl methyl sites for hydroxylation is 1. The molecule has 0 bridgehead atoms. The van der Waals surface area contributed by atoms with Gasteiger partial charge in [0.15, 0.2) is 0 Å². The molecule has 28 heavy (non-hydrogen) atoms. The van der Waals surface area contributed by atoms with Crippen LogP contribution in [0.3, 0.4) is 0 Å². The summed E-state index contributed by atoms with van der Waals surface area (Å²) >= 11 is 0. The Labute approximate surface area is 161 Å². The molecule has 0 aliphatic rings. The third kappa shape index (κ3) is 5.14. The normalized spacial score (nSPS) is 10.8. The number of anilines is 1. The summed E-state index contributed by atoms with van der Waals surface area (Å²) in [6.07, 6.45) is 1.38. The van der Waals surface area contributed by atoms with Gasteiger partial charge in [-0.25, -0.2) is 9.38 Å². The lowest BCUT2D eigenvalue weighted by atomic mass is 10.2. The van der Waals surface area contributed by atoms with Crippen molar-refractivity contribution in [2.75, 3.05) is 5.32 Å². The second kappa shape index (κ2) is 8.77. The van der Waals surface area contributed by atoms with Gasteiger partial charge in [0, 0.05) is 5.69 Å². The molecule has 7 heteroatoms. The molecule has 6 nitrogen and oxygen atoms in total. The summed E-state index contributed by atoms with van der Waals surface area (Å²) in [4.78, 5) is 27.8. The van der Waals surface area contributed by atoms with E-state index in [-0.39, 0.29) is 12.2 Å². The number of nitrogens with zero attached hydrogens (tertiary/aromatic N) is 1. The van der Waals surface area contributed by atoms with Gasteiger partial charge in [-0.1, -0.05) is 29.8 Å². The summed E-state index contributed by atoms with van der Waals surface area (Å²) < 4.78 is 19.0. The topological polar surface area (TPSA) is 83.7 Å². The van der Waals surface area contributed by atoms with E-state index in [1.165, 1.54) is 12.3 Å². The lowest BCUT2D eigenvalue weighted by molar-refractivity contribution is -0.136. The summed E-state index contributed by atoms with van der Waals surface area (Å²) in [6, 6.07) is 16.5. The number of benzene rings is 2. The summed E-state index contributed by atoms with van der Waals surface area (Å²) in [5.41, 5.74) is 1.78. The molecule has 0 aliphatic carbocycles. The minimum absolute atomic E-state index is 0.0354. The van der Waals surface area contributed by atoms with Gasteiger partial charge in [-0.05, 0) is 43.3 Å². The molecular formula is C21H18FN3O3. The van der Waals surface area contributed by atoms with Crippen molar-refractivity contribution in [2.24, 2.45) is 4.99 Å². The van der Waals surface area contributed by atoms with E-state index in [1.807, 2.05) is 19.1 Å². The zero-order chi connectivity index (χ0) is 19.9. The summed E-state index contributed by atoms with van der Waals surface area (Å²) in [7, 11) is 0. The number of amides is 2. The molecule has 2 N–H and O–H groups in total. The predicted molar refractivity (Wildman–Crippen MR) is 104 cm³/mol. The monoisotopic (exact) mass is 379 g/mol. The molecule has 2 amide bonds. The van der Waals surface area contributed by atoms with Crippen LogP contribution in [0.2, 0.25) is 0 Å². The first kappa shape index (κ1) is 19.0. The molecule has 0 saturated heterocycles. The van der Waals surface area contributed by atoms with Crippen molar-refractivity contribution in [1.29, 1.82) is 0 Å². The van der Waals surface area contributed by atoms with E-state index in [1.54, 1.807) is 42.5 Å². The Bertz CT molecular complexity index is 1010. The number of carbonyl (C=O) groups is 2. The highest BCUT2D eigenvalue weighted by Gasteiger charge is 2.14. The predicted octanol–water partition coefficient (Wildman–Crippen LogP) is 3.73. The number of furan rings is 1. The van der Waals surface area contributed by atoms with Gasteiger partial charge in [0.25, 0.3) is 0 Å². The number of carbonyl (C=O) groups excluding carboxylic acids is 2. The molecule has 0 spiro atoms. The SMILES string of the molecule is Cc1ccc(NC(=O)C(=O)NCc2ccc(C=Nc3ccccc3F)o2)cc1. The van der Waals surface area contributed by atoms with Crippen LogP contribution in [0.1, 0.15) is 17.1 Å². The number of para-hydroxylation sites is 1. The Morgan fingerprint density at radius 2 is 1.79 bits per heavy atom. The molecule has 0 aliphatic heterocycles. The first-order valence-electron chi connectivity index (χ1n) is 8.54. The van der Waals surface area contributed by atoms with Crippen LogP contribution in [0, 0.1) is 12.7 Å². The van der Waals surface area contributed by atoms with Gasteiger partial charge in [0.1, 0.15) is 17.3 Å². The lowest BCUT2D eigenvalue weighted by Crippen LogP contribution is -2.34. The van der Waals surface area contributed by atoms with Gasteiger partial charge in [-0.2, -0.15) is 0 Å². The van der Waals surface area contributed by atoms with Crippen molar-refractivity contribution in [3.63, 3.8) is 0 Å². The molecule has 1 aromatic heterocycles. The van der Waals surface area contributed by atoms with Gasteiger partial charge in [-0.15, -0.1) is 0 Å². The van der Waals surface area contributed by atoms with Crippen LogP contribution >= 0.6 is 0 Å². The Kier molecular flexibility index (Phi) is 5.96. The second-order valence-corrected chi connectivity index (χ2v) is 6.02. The molecule has 0 unspecified atom stereocenters. The molecule has 0 radical (unpaired) electrons. The van der Waals surface area contributed by atoms with Crippen LogP contribution in [0.15, 0.2) is 70.1 Å². The third-order valence-corrected chi connectivity index (χ3v) is 3.80. The van der Waals surface area contributed by atoms with Gasteiger partial charge in [0.05, 0.1) is 18.4 Å². The number of nitrogens with one attached hydrogen (secondary N) is 2. The molecule has 2 aromatic carbocycles. The first-order valence-corrected chi connectivity index (χ1v) is 8.54. The van der Waals surface area contributed by atoms with E-state index < -0.39 is 17.6 Å². The Hall–Kier alpha value is -3.74. The molecule has 0 atom stereocenters. The molecule has 0 fully saturated rings. The van der Waals surface area contributed by atoms with E-state index in [0.29, 0.717) is 17.2 Å². The van der Waals surface area contributed by atoms with E-state index in [4.69, 9.17) is 4.42 Å². The molecular weight excluding hydrogens is 361 g/mol. The van der Waals surface area contributed by atoms with E-state index >= 15 is 0 Å². The molecule has 3 aromatic rings. The summed E-state index contributed by atoms with van der Waals surface area (Å²) in [5, 5.41) is 4.99. The van der Waals surface area contributed by atoms with Crippen molar-refractivity contribution < 1.29 is 18.4 Å². The van der Waals surface area contributed by atoms with E-state index in [0.717, 1.165) is 5.56 Å². The summed E-state index contributed by atoms with van der Waals surface area (Å²) in [5.74, 6) is -1.14. The van der Waals surface area contributed by atoms with Gasteiger partial charge < -0.3 is 15.1 Å². The standard InChI is InChI=1S/C21H18FN3O3/c1-14-6-8-15(9-7-14)25-21(27)20(26)24-13-17-11-10-16(28-17)12-23-19-5-3-2-4-18(19)22/h2-12H,13H2,1H3,(H,24,26)(H,25,27). The maximum absolute atomic E-state index is 13.5. The van der Waals surface area contributed by atoms with Crippen LogP contribution in [0.4, 0.5) is 15.8 Å². The highest BCUT2D eigenvalue weighted by molar-refractivity contribution is 6.39. The molecule has 142 valence electrons. The van der Waals surface area contributed by atoms with Crippen LogP contribution in [-0.2, 0) is 16.1 Å². The van der Waals surface area contributed by atoms with Crippen LogP contribution in [-0.4, -0.2) is 18.0 Å². The van der Waals surface area contributed by atoms with Crippen LogP contribution in [0.5, 0.6) is 0 Å². The highest BCUT2D eigenvalue weighted by atomic mass is 19.1. The largest absolute Gasteiger partial charge is 0.458 e. The fraction of sp³-hybridized carbons (Fsp3) is 0.0952. The fourth-order valence-corrected chi connectivity index (χ4v) is 2.32. The average molecular weight is 379 g/mol. The van der Waals surface area contributed by atoms with Crippen molar-refractivity contribution in [3.8, 4) is 0 Å². The minimum atomic E-state index is -0.779. The minimum Gasteiger partial charge on any atom is -0.458 e. The highest BCUT2D eigenvalue weighted by Crippen LogP contribution is 2.16. The Balaban J connectivity index is 1.52. The number of halogens is 1. The Morgan fingerprint density at radius 1 is 1.04 bits per heavy atom. The van der Waals surface area contributed by atoms with Gasteiger partial charge in [0.2, 0.25) is 0 Å². The third-order valence-electron chi connectivity index (χ3n) is 3.80. The van der Waals surface area contributed by atoms with Crippen molar-refractivity contribution in [1.82, 2.24) is 5.32 Å². The zero-order valence-corrected chi connectivity index (χ0v) is 15.1. The van der Waals surface area contributed by atoms with Crippen LogP contribution < -0.4 is 10.6 Å². The van der Waals surface area contributed by atoms with Gasteiger partial charge >= 0.3 is 11.8 Å². The Morgan fingerprint density at radius 3 is 2.54 bits per heavy atom. The van der Waals surface area contributed by atoms with Crippen molar-refractivity contribution >= 4 is 29.4 Å². The number of hydrogen-bond acceptors (Lipinski definition) is 4. The van der Waals surface area contributed by atoms with Gasteiger partial charge in [-0.3, -0.25) is 9.59 Å². The van der Waals surface area contributed by atoms with E-state index in [9.17, 15) is 14.0 Å². The molecule has 1 heterocycles. The lowest BCUT2D eigenvalue weighted by Gasteiger charge is -2.05. The quantitative estimate of drug-likeness (QED) is 0.523. The zero-order valence-electron chi connectivity index (χ0n) is 15.1. The van der Waals surface area contributed by atoms with Crippen molar-refractivity contribution in [3.05, 3.63) is 83.6 Å². The summed E-state index contributed by atoms with van der Waals surface area (Å²) in [6.45, 7) is 1.96. The number of aliphatic imine (C=N–C) groups is 1. The molecule has 3 rings (SSSR count). The maximum atomic E-state index is 13.5.